The maximum atomic E-state index is 4.63. The Bertz CT molecular complexity index is 321. The Hall–Kier alpha value is -0.860. The molecule has 116 valence electrons. The van der Waals surface area contributed by atoms with Crippen molar-refractivity contribution in [1.29, 1.82) is 0 Å². The van der Waals surface area contributed by atoms with E-state index in [9.17, 15) is 0 Å². The third-order valence-corrected chi connectivity index (χ3v) is 4.06. The molecular formula is C17H33N3. The highest BCUT2D eigenvalue weighted by atomic mass is 15.3. The highest BCUT2D eigenvalue weighted by Crippen LogP contribution is 2.26. The molecule has 0 aliphatic carbocycles. The van der Waals surface area contributed by atoms with Crippen LogP contribution >= 0.6 is 0 Å². The van der Waals surface area contributed by atoms with Crippen molar-refractivity contribution < 1.29 is 0 Å². The first kappa shape index (κ1) is 17.2. The first-order chi connectivity index (χ1) is 9.81. The number of rotatable bonds is 12. The molecule has 0 unspecified atom stereocenters. The summed E-state index contributed by atoms with van der Waals surface area (Å²) < 4.78 is 1.96. The van der Waals surface area contributed by atoms with Crippen molar-refractivity contribution in [3.8, 4) is 0 Å². The fourth-order valence-corrected chi connectivity index (χ4v) is 2.69. The summed E-state index contributed by atoms with van der Waals surface area (Å²) in [5.41, 5.74) is 0. The molecule has 0 bridgehead atoms. The summed E-state index contributed by atoms with van der Waals surface area (Å²) in [7, 11) is 0. The third kappa shape index (κ3) is 6.53. The van der Waals surface area contributed by atoms with E-state index in [0.717, 1.165) is 12.4 Å². The topological polar surface area (TPSA) is 30.7 Å². The molecule has 0 spiro atoms. The van der Waals surface area contributed by atoms with Gasteiger partial charge in [-0.3, -0.25) is 4.68 Å². The highest BCUT2D eigenvalue weighted by Gasteiger charge is 2.15. The maximum absolute atomic E-state index is 4.63. The van der Waals surface area contributed by atoms with Gasteiger partial charge in [-0.25, -0.2) is 4.98 Å². The molecule has 1 rings (SSSR count). The lowest BCUT2D eigenvalue weighted by atomic mass is 9.94. The van der Waals surface area contributed by atoms with Gasteiger partial charge >= 0.3 is 0 Å². The molecule has 0 radical (unpaired) electrons. The largest absolute Gasteiger partial charge is 0.253 e. The molecule has 0 aliphatic rings. The second kappa shape index (κ2) is 10.9. The summed E-state index contributed by atoms with van der Waals surface area (Å²) in [5.74, 6) is 1.66. The summed E-state index contributed by atoms with van der Waals surface area (Å²) in [5, 5.41) is 4.63. The van der Waals surface area contributed by atoms with E-state index >= 15 is 0 Å². The van der Waals surface area contributed by atoms with E-state index in [2.05, 4.69) is 30.9 Å². The summed E-state index contributed by atoms with van der Waals surface area (Å²) >= 11 is 0. The molecule has 0 aliphatic heterocycles. The molecule has 0 saturated carbocycles. The molecule has 3 heteroatoms. The zero-order valence-corrected chi connectivity index (χ0v) is 13.8. The van der Waals surface area contributed by atoms with Crippen LogP contribution < -0.4 is 0 Å². The van der Waals surface area contributed by atoms with Gasteiger partial charge in [0.1, 0.15) is 6.33 Å². The van der Waals surface area contributed by atoms with E-state index in [0.29, 0.717) is 5.92 Å². The van der Waals surface area contributed by atoms with Crippen LogP contribution in [0.25, 0.3) is 0 Å². The Morgan fingerprint density at radius 3 is 1.95 bits per heavy atom. The van der Waals surface area contributed by atoms with Gasteiger partial charge in [-0.05, 0) is 19.8 Å². The Balaban J connectivity index is 2.44. The molecular weight excluding hydrogens is 246 g/mol. The van der Waals surface area contributed by atoms with Crippen molar-refractivity contribution in [2.24, 2.45) is 0 Å². The zero-order chi connectivity index (χ0) is 14.6. The molecule has 20 heavy (non-hydrogen) atoms. The SMILES string of the molecule is CCCCCCC(CCCCCC)c1ncn(CC)n1. The van der Waals surface area contributed by atoms with E-state index in [1.807, 2.05) is 11.0 Å². The summed E-state index contributed by atoms with van der Waals surface area (Å²) in [6.07, 6.45) is 15.1. The summed E-state index contributed by atoms with van der Waals surface area (Å²) in [4.78, 5) is 4.54. The van der Waals surface area contributed by atoms with Crippen molar-refractivity contribution in [3.63, 3.8) is 0 Å². The molecule has 0 fully saturated rings. The van der Waals surface area contributed by atoms with E-state index in [1.165, 1.54) is 64.2 Å². The lowest BCUT2D eigenvalue weighted by Crippen LogP contribution is -2.04. The lowest BCUT2D eigenvalue weighted by molar-refractivity contribution is 0.475. The van der Waals surface area contributed by atoms with E-state index in [4.69, 9.17) is 0 Å². The smallest absolute Gasteiger partial charge is 0.153 e. The molecule has 0 saturated heterocycles. The first-order valence-corrected chi connectivity index (χ1v) is 8.71. The fourth-order valence-electron chi connectivity index (χ4n) is 2.69. The van der Waals surface area contributed by atoms with Crippen molar-refractivity contribution >= 4 is 0 Å². The van der Waals surface area contributed by atoms with Gasteiger partial charge < -0.3 is 0 Å². The van der Waals surface area contributed by atoms with Gasteiger partial charge in [0, 0.05) is 12.5 Å². The standard InChI is InChI=1S/C17H33N3/c1-4-7-9-11-13-16(14-12-10-8-5-2)17-18-15-20(6-3)19-17/h15-16H,4-14H2,1-3H3. The van der Waals surface area contributed by atoms with Gasteiger partial charge in [0.2, 0.25) is 0 Å². The molecule has 0 atom stereocenters. The van der Waals surface area contributed by atoms with Crippen LogP contribution in [-0.2, 0) is 6.54 Å². The predicted octanol–water partition coefficient (Wildman–Crippen LogP) is 5.32. The Labute approximate surface area is 125 Å². The zero-order valence-electron chi connectivity index (χ0n) is 13.8. The van der Waals surface area contributed by atoms with Gasteiger partial charge in [-0.2, -0.15) is 5.10 Å². The van der Waals surface area contributed by atoms with Crippen LogP contribution in [0.5, 0.6) is 0 Å². The second-order valence-electron chi connectivity index (χ2n) is 5.85. The van der Waals surface area contributed by atoms with Crippen molar-refractivity contribution in [1.82, 2.24) is 14.8 Å². The van der Waals surface area contributed by atoms with Gasteiger partial charge in [0.15, 0.2) is 5.82 Å². The minimum Gasteiger partial charge on any atom is -0.253 e. The van der Waals surface area contributed by atoms with E-state index < -0.39 is 0 Å². The summed E-state index contributed by atoms with van der Waals surface area (Å²) in [6.45, 7) is 7.58. The Morgan fingerprint density at radius 1 is 0.900 bits per heavy atom. The molecule has 0 aromatic carbocycles. The minimum atomic E-state index is 0.580. The normalized spacial score (nSPS) is 11.4. The van der Waals surface area contributed by atoms with Gasteiger partial charge in [-0.1, -0.05) is 65.2 Å². The molecule has 0 amide bonds. The van der Waals surface area contributed by atoms with Crippen molar-refractivity contribution in [3.05, 3.63) is 12.2 Å². The molecule has 1 aromatic rings. The van der Waals surface area contributed by atoms with Crippen molar-refractivity contribution in [2.45, 2.75) is 97.4 Å². The van der Waals surface area contributed by atoms with Crippen LogP contribution in [0.3, 0.4) is 0 Å². The van der Waals surface area contributed by atoms with Crippen molar-refractivity contribution in [2.75, 3.05) is 0 Å². The Morgan fingerprint density at radius 2 is 1.50 bits per heavy atom. The molecule has 1 heterocycles. The van der Waals surface area contributed by atoms with Crippen LogP contribution in [0.4, 0.5) is 0 Å². The number of aromatic nitrogens is 3. The highest BCUT2D eigenvalue weighted by molar-refractivity contribution is 4.93. The number of hydrogen-bond donors (Lipinski definition) is 0. The van der Waals surface area contributed by atoms with Gasteiger partial charge in [0.25, 0.3) is 0 Å². The third-order valence-electron chi connectivity index (χ3n) is 4.06. The van der Waals surface area contributed by atoms with Crippen LogP contribution in [0.15, 0.2) is 6.33 Å². The average molecular weight is 279 g/mol. The van der Waals surface area contributed by atoms with Gasteiger partial charge in [-0.15, -0.1) is 0 Å². The lowest BCUT2D eigenvalue weighted by Gasteiger charge is -2.13. The van der Waals surface area contributed by atoms with Crippen LogP contribution in [0.1, 0.15) is 96.7 Å². The average Bonchev–Trinajstić information content (AvgIpc) is 2.94. The van der Waals surface area contributed by atoms with Gasteiger partial charge in [0.05, 0.1) is 0 Å². The predicted molar refractivity (Wildman–Crippen MR) is 86.0 cm³/mol. The van der Waals surface area contributed by atoms with E-state index in [-0.39, 0.29) is 0 Å². The number of unbranched alkanes of at least 4 members (excludes halogenated alkanes) is 6. The number of aryl methyl sites for hydroxylation is 1. The molecule has 0 N–H and O–H groups in total. The van der Waals surface area contributed by atoms with E-state index in [1.54, 1.807) is 0 Å². The quantitative estimate of drug-likeness (QED) is 0.485. The first-order valence-electron chi connectivity index (χ1n) is 8.71. The second-order valence-corrected chi connectivity index (χ2v) is 5.85. The van der Waals surface area contributed by atoms with Crippen LogP contribution in [-0.4, -0.2) is 14.8 Å². The fraction of sp³-hybridized carbons (Fsp3) is 0.882. The maximum Gasteiger partial charge on any atom is 0.153 e. The van der Waals surface area contributed by atoms with Crippen LogP contribution in [0.2, 0.25) is 0 Å². The molecule has 3 nitrogen and oxygen atoms in total. The Kier molecular flexibility index (Phi) is 9.35. The number of nitrogens with zero attached hydrogens (tertiary/aromatic N) is 3. The monoisotopic (exact) mass is 279 g/mol. The van der Waals surface area contributed by atoms with Crippen LogP contribution in [0, 0.1) is 0 Å². The molecule has 1 aromatic heterocycles. The minimum absolute atomic E-state index is 0.580. The number of hydrogen-bond acceptors (Lipinski definition) is 2. The summed E-state index contributed by atoms with van der Waals surface area (Å²) in [6, 6.07) is 0.